The molecule has 2 rings (SSSR count). The summed E-state index contributed by atoms with van der Waals surface area (Å²) in [4.78, 5) is 23.3. The van der Waals surface area contributed by atoms with Crippen molar-refractivity contribution in [3.63, 3.8) is 0 Å². The van der Waals surface area contributed by atoms with Crippen LogP contribution in [-0.4, -0.2) is 18.4 Å². The lowest BCUT2D eigenvalue weighted by atomic mass is 10.2. The van der Waals surface area contributed by atoms with Crippen molar-refractivity contribution in [1.29, 1.82) is 0 Å². The first-order valence-electron chi connectivity index (χ1n) is 6.39. The summed E-state index contributed by atoms with van der Waals surface area (Å²) in [5, 5.41) is 0.517. The first-order valence-corrected chi connectivity index (χ1v) is 7.14. The van der Waals surface area contributed by atoms with Crippen LogP contribution in [0.3, 0.4) is 0 Å². The standard InChI is InChI=1S/C15H11Cl2FN2O3/c16-9-5-6-10(12(18)7-9)15(22)20-19-14(21)8-23-13-4-2-1-3-11(13)17/h1-7H,8H2,(H,19,21)(H,20,22). The highest BCUT2D eigenvalue weighted by atomic mass is 35.5. The van der Waals surface area contributed by atoms with Gasteiger partial charge in [-0.3, -0.25) is 20.4 Å². The topological polar surface area (TPSA) is 67.4 Å². The highest BCUT2D eigenvalue weighted by Crippen LogP contribution is 2.22. The van der Waals surface area contributed by atoms with Crippen LogP contribution < -0.4 is 15.6 Å². The largest absolute Gasteiger partial charge is 0.482 e. The third kappa shape index (κ3) is 4.84. The molecule has 8 heteroatoms. The number of rotatable bonds is 4. The molecule has 0 aliphatic carbocycles. The molecule has 0 saturated heterocycles. The minimum Gasteiger partial charge on any atom is -0.482 e. The molecule has 0 aromatic heterocycles. The zero-order valence-electron chi connectivity index (χ0n) is 11.6. The molecule has 0 spiro atoms. The lowest BCUT2D eigenvalue weighted by Gasteiger charge is -2.10. The first kappa shape index (κ1) is 17.1. The van der Waals surface area contributed by atoms with Crippen molar-refractivity contribution < 1.29 is 18.7 Å². The van der Waals surface area contributed by atoms with Gasteiger partial charge in [0.1, 0.15) is 11.6 Å². The Hall–Kier alpha value is -2.31. The minimum atomic E-state index is -0.815. The lowest BCUT2D eigenvalue weighted by Crippen LogP contribution is -2.44. The maximum absolute atomic E-state index is 13.5. The average molecular weight is 357 g/mol. The number of para-hydroxylation sites is 1. The fourth-order valence-electron chi connectivity index (χ4n) is 1.61. The van der Waals surface area contributed by atoms with E-state index in [9.17, 15) is 14.0 Å². The number of amides is 2. The molecule has 2 N–H and O–H groups in total. The van der Waals surface area contributed by atoms with Crippen LogP contribution in [0.4, 0.5) is 4.39 Å². The molecule has 23 heavy (non-hydrogen) atoms. The third-order valence-electron chi connectivity index (χ3n) is 2.69. The predicted octanol–water partition coefficient (Wildman–Crippen LogP) is 2.97. The summed E-state index contributed by atoms with van der Waals surface area (Å²) >= 11 is 11.5. The molecule has 0 saturated carbocycles. The molecule has 0 aliphatic heterocycles. The molecule has 0 fully saturated rings. The second-order valence-electron chi connectivity index (χ2n) is 4.35. The summed E-state index contributed by atoms with van der Waals surface area (Å²) in [6, 6.07) is 10.2. The number of ether oxygens (including phenoxy) is 1. The van der Waals surface area contributed by atoms with E-state index in [1.165, 1.54) is 12.1 Å². The van der Waals surface area contributed by atoms with E-state index in [0.717, 1.165) is 6.07 Å². The summed E-state index contributed by atoms with van der Waals surface area (Å²) in [5.74, 6) is -1.91. The molecule has 0 bridgehead atoms. The highest BCUT2D eigenvalue weighted by molar-refractivity contribution is 6.32. The fourth-order valence-corrected chi connectivity index (χ4v) is 1.96. The van der Waals surface area contributed by atoms with E-state index in [0.29, 0.717) is 10.8 Å². The summed E-state index contributed by atoms with van der Waals surface area (Å²) < 4.78 is 18.7. The van der Waals surface area contributed by atoms with E-state index >= 15 is 0 Å². The Balaban J connectivity index is 1.84. The smallest absolute Gasteiger partial charge is 0.276 e. The Morgan fingerprint density at radius 3 is 2.52 bits per heavy atom. The molecule has 0 radical (unpaired) electrons. The van der Waals surface area contributed by atoms with Crippen LogP contribution in [0.1, 0.15) is 10.4 Å². The molecular weight excluding hydrogens is 346 g/mol. The maximum Gasteiger partial charge on any atom is 0.276 e. The van der Waals surface area contributed by atoms with Crippen molar-refractivity contribution in [3.05, 3.63) is 63.9 Å². The first-order chi connectivity index (χ1) is 11.0. The number of hydrogen-bond donors (Lipinski definition) is 2. The Labute approximate surface area is 141 Å². The predicted molar refractivity (Wildman–Crippen MR) is 84.0 cm³/mol. The van der Waals surface area contributed by atoms with Crippen molar-refractivity contribution in [2.24, 2.45) is 0 Å². The minimum absolute atomic E-state index is 0.163. The van der Waals surface area contributed by atoms with Crippen molar-refractivity contribution in [2.75, 3.05) is 6.61 Å². The third-order valence-corrected chi connectivity index (χ3v) is 3.23. The molecule has 2 aromatic rings. The van der Waals surface area contributed by atoms with Gasteiger partial charge in [0.25, 0.3) is 11.8 Å². The van der Waals surface area contributed by atoms with Crippen LogP contribution in [0.5, 0.6) is 5.75 Å². The van der Waals surface area contributed by atoms with Crippen LogP contribution in [0.25, 0.3) is 0 Å². The maximum atomic E-state index is 13.5. The van der Waals surface area contributed by atoms with E-state index in [1.807, 2.05) is 0 Å². The van der Waals surface area contributed by atoms with Gasteiger partial charge < -0.3 is 4.74 Å². The summed E-state index contributed by atoms with van der Waals surface area (Å²) in [5.41, 5.74) is 3.93. The van der Waals surface area contributed by atoms with Gasteiger partial charge in [-0.05, 0) is 30.3 Å². The molecule has 0 atom stereocenters. The highest BCUT2D eigenvalue weighted by Gasteiger charge is 2.13. The monoisotopic (exact) mass is 356 g/mol. The Morgan fingerprint density at radius 2 is 1.83 bits per heavy atom. The van der Waals surface area contributed by atoms with Gasteiger partial charge in [0.05, 0.1) is 10.6 Å². The van der Waals surface area contributed by atoms with Gasteiger partial charge in [0, 0.05) is 5.02 Å². The number of carbonyl (C=O) groups is 2. The molecule has 0 aliphatic rings. The summed E-state index contributed by atoms with van der Waals surface area (Å²) in [6.07, 6.45) is 0. The van der Waals surface area contributed by atoms with Gasteiger partial charge in [0.15, 0.2) is 6.61 Å². The quantitative estimate of drug-likeness (QED) is 0.827. The van der Waals surface area contributed by atoms with Gasteiger partial charge in [-0.1, -0.05) is 35.3 Å². The molecule has 120 valence electrons. The Morgan fingerprint density at radius 1 is 1.09 bits per heavy atom. The van der Waals surface area contributed by atoms with E-state index in [1.54, 1.807) is 24.3 Å². The molecule has 0 heterocycles. The van der Waals surface area contributed by atoms with Crippen LogP contribution in [-0.2, 0) is 4.79 Å². The second-order valence-corrected chi connectivity index (χ2v) is 5.19. The number of nitrogens with one attached hydrogen (secondary N) is 2. The van der Waals surface area contributed by atoms with E-state index in [-0.39, 0.29) is 17.2 Å². The SMILES string of the molecule is O=C(COc1ccccc1Cl)NNC(=O)c1ccc(Cl)cc1F. The number of hydrazine groups is 1. The zero-order valence-corrected chi connectivity index (χ0v) is 13.1. The van der Waals surface area contributed by atoms with Crippen LogP contribution in [0.15, 0.2) is 42.5 Å². The molecular formula is C15H11Cl2FN2O3. The zero-order chi connectivity index (χ0) is 16.8. The van der Waals surface area contributed by atoms with Gasteiger partial charge in [0.2, 0.25) is 0 Å². The number of carbonyl (C=O) groups excluding carboxylic acids is 2. The normalized spacial score (nSPS) is 10.0. The summed E-state index contributed by atoms with van der Waals surface area (Å²) in [6.45, 7) is -0.368. The number of halogens is 3. The molecule has 2 aromatic carbocycles. The van der Waals surface area contributed by atoms with Gasteiger partial charge >= 0.3 is 0 Å². The fraction of sp³-hybridized carbons (Fsp3) is 0.0667. The van der Waals surface area contributed by atoms with E-state index in [4.69, 9.17) is 27.9 Å². The number of hydrogen-bond acceptors (Lipinski definition) is 3. The van der Waals surface area contributed by atoms with E-state index in [2.05, 4.69) is 10.9 Å². The second kappa shape index (κ2) is 7.80. The van der Waals surface area contributed by atoms with Gasteiger partial charge in [-0.15, -0.1) is 0 Å². The van der Waals surface area contributed by atoms with Gasteiger partial charge in [-0.2, -0.15) is 0 Å². The van der Waals surface area contributed by atoms with Crippen molar-refractivity contribution in [1.82, 2.24) is 10.9 Å². The van der Waals surface area contributed by atoms with Crippen LogP contribution in [0.2, 0.25) is 10.0 Å². The van der Waals surface area contributed by atoms with Crippen molar-refractivity contribution >= 4 is 35.0 Å². The summed E-state index contributed by atoms with van der Waals surface area (Å²) in [7, 11) is 0. The molecule has 5 nitrogen and oxygen atoms in total. The molecule has 2 amide bonds. The van der Waals surface area contributed by atoms with Crippen molar-refractivity contribution in [3.8, 4) is 5.75 Å². The van der Waals surface area contributed by atoms with E-state index < -0.39 is 17.6 Å². The number of benzene rings is 2. The Kier molecular flexibility index (Phi) is 5.78. The Bertz CT molecular complexity index is 740. The lowest BCUT2D eigenvalue weighted by molar-refractivity contribution is -0.123. The van der Waals surface area contributed by atoms with Gasteiger partial charge in [-0.25, -0.2) is 4.39 Å². The van der Waals surface area contributed by atoms with Crippen molar-refractivity contribution in [2.45, 2.75) is 0 Å². The average Bonchev–Trinajstić information content (AvgIpc) is 2.52. The van der Waals surface area contributed by atoms with Crippen LogP contribution in [0, 0.1) is 5.82 Å². The van der Waals surface area contributed by atoms with Crippen LogP contribution >= 0.6 is 23.2 Å². The molecule has 0 unspecified atom stereocenters.